The Hall–Kier alpha value is -0.990. The van der Waals surface area contributed by atoms with Gasteiger partial charge in [0.05, 0.1) is 19.0 Å². The predicted molar refractivity (Wildman–Crippen MR) is 82.2 cm³/mol. The molecular weight excluding hydrogens is 290 g/mol. The maximum absolute atomic E-state index is 12.0. The van der Waals surface area contributed by atoms with Crippen LogP contribution in [0.5, 0.6) is 0 Å². The Morgan fingerprint density at radius 2 is 1.76 bits per heavy atom. The highest BCUT2D eigenvalue weighted by atomic mass is 32.2. The van der Waals surface area contributed by atoms with E-state index >= 15 is 0 Å². The number of nitrogens with one attached hydrogen (secondary N) is 1. The van der Waals surface area contributed by atoms with Gasteiger partial charge in [-0.3, -0.25) is 4.90 Å². The smallest absolute Gasteiger partial charge is 0.215 e. The largest absolute Gasteiger partial charge is 0.379 e. The monoisotopic (exact) mass is 313 g/mol. The van der Waals surface area contributed by atoms with Crippen LogP contribution in [0, 0.1) is 0 Å². The molecule has 1 heterocycles. The third-order valence-corrected chi connectivity index (χ3v) is 4.83. The summed E-state index contributed by atoms with van der Waals surface area (Å²) in [5.41, 5.74) is 7.29. The van der Waals surface area contributed by atoms with Gasteiger partial charge in [-0.25, -0.2) is 13.1 Å². The number of hydrogen-bond acceptors (Lipinski definition) is 5. The topological polar surface area (TPSA) is 84.7 Å². The number of nitrogens with zero attached hydrogens (tertiary/aromatic N) is 1. The highest BCUT2D eigenvalue weighted by molar-refractivity contribution is 7.88. The Morgan fingerprint density at radius 1 is 1.14 bits per heavy atom. The van der Waals surface area contributed by atoms with Crippen molar-refractivity contribution < 1.29 is 13.2 Å². The van der Waals surface area contributed by atoms with E-state index in [9.17, 15) is 8.42 Å². The van der Waals surface area contributed by atoms with Gasteiger partial charge in [0.15, 0.2) is 0 Å². The van der Waals surface area contributed by atoms with Crippen LogP contribution >= 0.6 is 0 Å². The van der Waals surface area contributed by atoms with Crippen LogP contribution < -0.4 is 10.5 Å². The molecule has 118 valence electrons. The van der Waals surface area contributed by atoms with Crippen molar-refractivity contribution in [2.45, 2.75) is 12.3 Å². The van der Waals surface area contributed by atoms with E-state index in [2.05, 4.69) is 9.62 Å². The Morgan fingerprint density at radius 3 is 2.38 bits per heavy atom. The molecule has 6 nitrogen and oxygen atoms in total. The minimum Gasteiger partial charge on any atom is -0.379 e. The first kappa shape index (κ1) is 16.4. The first-order chi connectivity index (χ1) is 10.1. The third-order valence-electron chi connectivity index (χ3n) is 3.47. The van der Waals surface area contributed by atoms with Gasteiger partial charge in [0.2, 0.25) is 10.0 Å². The predicted octanol–water partition coefficient (Wildman–Crippen LogP) is -0.103. The molecule has 0 aliphatic carbocycles. The number of morpholine rings is 1. The molecule has 0 spiro atoms. The van der Waals surface area contributed by atoms with Crippen LogP contribution in [0.4, 0.5) is 0 Å². The van der Waals surface area contributed by atoms with Crippen molar-refractivity contribution in [3.05, 3.63) is 35.4 Å². The molecule has 0 unspecified atom stereocenters. The number of benzene rings is 1. The molecule has 21 heavy (non-hydrogen) atoms. The normalized spacial score (nSPS) is 17.0. The molecule has 0 bridgehead atoms. The lowest BCUT2D eigenvalue weighted by atomic mass is 10.1. The minimum absolute atomic E-state index is 0.000955. The van der Waals surface area contributed by atoms with E-state index in [1.165, 1.54) is 0 Å². The van der Waals surface area contributed by atoms with E-state index in [1.807, 2.05) is 24.3 Å². The van der Waals surface area contributed by atoms with E-state index in [0.29, 0.717) is 19.6 Å². The molecule has 1 saturated heterocycles. The van der Waals surface area contributed by atoms with Crippen molar-refractivity contribution in [3.8, 4) is 0 Å². The molecule has 0 saturated carbocycles. The molecule has 1 aliphatic heterocycles. The molecule has 0 aromatic heterocycles. The summed E-state index contributed by atoms with van der Waals surface area (Å²) in [7, 11) is -3.29. The van der Waals surface area contributed by atoms with Crippen molar-refractivity contribution in [2.24, 2.45) is 5.73 Å². The van der Waals surface area contributed by atoms with Gasteiger partial charge in [0, 0.05) is 32.7 Å². The molecule has 0 radical (unpaired) electrons. The Labute approximate surface area is 126 Å². The van der Waals surface area contributed by atoms with E-state index in [1.54, 1.807) is 0 Å². The second kappa shape index (κ2) is 7.86. The lowest BCUT2D eigenvalue weighted by molar-refractivity contribution is 0.0390. The maximum atomic E-state index is 12.0. The van der Waals surface area contributed by atoms with Crippen molar-refractivity contribution >= 4 is 10.0 Å². The summed E-state index contributed by atoms with van der Waals surface area (Å²) in [6.07, 6.45) is 0. The summed E-state index contributed by atoms with van der Waals surface area (Å²) in [5.74, 6) is 0.000955. The fraction of sp³-hybridized carbons (Fsp3) is 0.571. The zero-order chi connectivity index (χ0) is 15.1. The van der Waals surface area contributed by atoms with Gasteiger partial charge in [-0.15, -0.1) is 0 Å². The maximum Gasteiger partial charge on any atom is 0.215 e. The van der Waals surface area contributed by atoms with Crippen molar-refractivity contribution in [1.29, 1.82) is 0 Å². The Kier molecular flexibility index (Phi) is 6.13. The standard InChI is InChI=1S/C14H23N3O3S/c15-11-13-1-3-14(4-2-13)12-21(18,19)16-5-6-17-7-9-20-10-8-17/h1-4,16H,5-12,15H2. The van der Waals surface area contributed by atoms with Crippen LogP contribution in [-0.4, -0.2) is 52.7 Å². The lowest BCUT2D eigenvalue weighted by Crippen LogP contribution is -2.41. The highest BCUT2D eigenvalue weighted by Crippen LogP contribution is 2.07. The number of rotatable bonds is 7. The number of hydrogen-bond donors (Lipinski definition) is 2. The zero-order valence-electron chi connectivity index (χ0n) is 12.1. The Bertz CT molecular complexity index is 525. The SMILES string of the molecule is NCc1ccc(CS(=O)(=O)NCCN2CCOCC2)cc1. The summed E-state index contributed by atoms with van der Waals surface area (Å²) >= 11 is 0. The van der Waals surface area contributed by atoms with E-state index in [-0.39, 0.29) is 5.75 Å². The third kappa shape index (κ3) is 5.72. The Balaban J connectivity index is 1.77. The van der Waals surface area contributed by atoms with E-state index in [0.717, 1.165) is 37.4 Å². The second-order valence-corrected chi connectivity index (χ2v) is 6.93. The van der Waals surface area contributed by atoms with Gasteiger partial charge in [-0.1, -0.05) is 24.3 Å². The second-order valence-electron chi connectivity index (χ2n) is 5.13. The summed E-state index contributed by atoms with van der Waals surface area (Å²) < 4.78 is 31.9. The quantitative estimate of drug-likeness (QED) is 0.734. The first-order valence-electron chi connectivity index (χ1n) is 7.14. The van der Waals surface area contributed by atoms with E-state index < -0.39 is 10.0 Å². The van der Waals surface area contributed by atoms with Gasteiger partial charge >= 0.3 is 0 Å². The number of ether oxygens (including phenoxy) is 1. The molecule has 1 fully saturated rings. The van der Waals surface area contributed by atoms with Gasteiger partial charge in [-0.05, 0) is 11.1 Å². The first-order valence-corrected chi connectivity index (χ1v) is 8.79. The van der Waals surface area contributed by atoms with Gasteiger partial charge in [0.25, 0.3) is 0 Å². The van der Waals surface area contributed by atoms with Crippen LogP contribution in [0.25, 0.3) is 0 Å². The minimum atomic E-state index is -3.29. The lowest BCUT2D eigenvalue weighted by Gasteiger charge is -2.26. The molecule has 2 rings (SSSR count). The van der Waals surface area contributed by atoms with Crippen LogP contribution in [0.15, 0.2) is 24.3 Å². The molecule has 1 aromatic rings. The highest BCUT2D eigenvalue weighted by Gasteiger charge is 2.13. The number of nitrogens with two attached hydrogens (primary N) is 1. The van der Waals surface area contributed by atoms with Crippen LogP contribution in [0.1, 0.15) is 11.1 Å². The van der Waals surface area contributed by atoms with Gasteiger partial charge < -0.3 is 10.5 Å². The summed E-state index contributed by atoms with van der Waals surface area (Å²) in [4.78, 5) is 2.20. The average Bonchev–Trinajstić information content (AvgIpc) is 2.48. The molecule has 0 atom stereocenters. The van der Waals surface area contributed by atoms with Crippen molar-refractivity contribution in [2.75, 3.05) is 39.4 Å². The summed E-state index contributed by atoms with van der Waals surface area (Å²) in [5, 5.41) is 0. The van der Waals surface area contributed by atoms with Crippen molar-refractivity contribution in [1.82, 2.24) is 9.62 Å². The summed E-state index contributed by atoms with van der Waals surface area (Å²) in [6, 6.07) is 7.34. The molecule has 0 amide bonds. The zero-order valence-corrected chi connectivity index (χ0v) is 12.9. The molecular formula is C14H23N3O3S. The van der Waals surface area contributed by atoms with Crippen LogP contribution in [-0.2, 0) is 27.1 Å². The summed E-state index contributed by atoms with van der Waals surface area (Å²) in [6.45, 7) is 4.79. The van der Waals surface area contributed by atoms with Crippen LogP contribution in [0.3, 0.4) is 0 Å². The fourth-order valence-electron chi connectivity index (χ4n) is 2.23. The van der Waals surface area contributed by atoms with Crippen LogP contribution in [0.2, 0.25) is 0 Å². The molecule has 1 aliphatic rings. The molecule has 3 N–H and O–H groups in total. The average molecular weight is 313 g/mol. The molecule has 1 aromatic carbocycles. The van der Waals surface area contributed by atoms with Crippen molar-refractivity contribution in [3.63, 3.8) is 0 Å². The van der Waals surface area contributed by atoms with Gasteiger partial charge in [0.1, 0.15) is 0 Å². The van der Waals surface area contributed by atoms with Gasteiger partial charge in [-0.2, -0.15) is 0 Å². The number of sulfonamides is 1. The van der Waals surface area contributed by atoms with E-state index in [4.69, 9.17) is 10.5 Å². The molecule has 7 heteroatoms. The fourth-order valence-corrected chi connectivity index (χ4v) is 3.36.